The number of rotatable bonds is 5. The number of aryl methyl sites for hydroxylation is 1. The Morgan fingerprint density at radius 2 is 1.91 bits per heavy atom. The van der Waals surface area contributed by atoms with E-state index >= 15 is 0 Å². The molecule has 15 heteroatoms. The highest BCUT2D eigenvalue weighted by Crippen LogP contribution is 2.41. The first-order valence-corrected chi connectivity index (χ1v) is 9.96. The third-order valence-corrected chi connectivity index (χ3v) is 5.84. The number of aromatic nitrogens is 4. The van der Waals surface area contributed by atoms with Crippen LogP contribution >= 0.6 is 11.6 Å². The van der Waals surface area contributed by atoms with Crippen molar-refractivity contribution in [1.29, 1.82) is 0 Å². The summed E-state index contributed by atoms with van der Waals surface area (Å²) in [5.74, 6) is -7.32. The van der Waals surface area contributed by atoms with E-state index in [9.17, 15) is 31.5 Å². The number of hydrogen-bond acceptors (Lipinski definition) is 6. The standard InChI is InChI=1S/C19H15ClF5N7O2/c1-17(14(27)33)11-12(26)28-16(30-13(11)29-15(17)34)32-10-3-2-7(20)6-8(10)9(31-32)4-5-18(21,22)19(23,24)25/h2-3,6H,4-5H2,1H3,(H2,27,33)(H3,26,28,29,30,34). The van der Waals surface area contributed by atoms with Gasteiger partial charge in [0, 0.05) is 16.8 Å². The number of nitrogens with zero attached hydrogens (tertiary/aromatic N) is 4. The Balaban J connectivity index is 1.83. The van der Waals surface area contributed by atoms with Gasteiger partial charge in [0.25, 0.3) is 5.95 Å². The van der Waals surface area contributed by atoms with Crippen LogP contribution in [-0.2, 0) is 21.4 Å². The molecule has 2 aromatic heterocycles. The van der Waals surface area contributed by atoms with Gasteiger partial charge in [0.05, 0.1) is 16.8 Å². The zero-order chi connectivity index (χ0) is 25.2. The third kappa shape index (κ3) is 3.48. The third-order valence-electron chi connectivity index (χ3n) is 5.60. The van der Waals surface area contributed by atoms with Gasteiger partial charge in [-0.1, -0.05) is 11.6 Å². The van der Waals surface area contributed by atoms with Crippen molar-refractivity contribution in [2.75, 3.05) is 11.1 Å². The van der Waals surface area contributed by atoms with Crippen LogP contribution in [0.3, 0.4) is 0 Å². The maximum absolute atomic E-state index is 13.5. The summed E-state index contributed by atoms with van der Waals surface area (Å²) in [5.41, 5.74) is 9.60. The molecule has 3 heterocycles. The van der Waals surface area contributed by atoms with E-state index in [0.29, 0.717) is 0 Å². The first-order chi connectivity index (χ1) is 15.7. The number of nitrogens with two attached hydrogens (primary N) is 2. The Labute approximate surface area is 192 Å². The first-order valence-electron chi connectivity index (χ1n) is 9.58. The molecule has 1 unspecified atom stereocenters. The second-order valence-corrected chi connectivity index (χ2v) is 8.23. The molecule has 1 aromatic carbocycles. The fourth-order valence-electron chi connectivity index (χ4n) is 3.63. The number of amides is 2. The zero-order valence-electron chi connectivity index (χ0n) is 17.2. The van der Waals surface area contributed by atoms with Gasteiger partial charge in [-0.05, 0) is 31.5 Å². The number of alkyl halides is 5. The number of halogens is 6. The smallest absolute Gasteiger partial charge is 0.383 e. The quantitative estimate of drug-likeness (QED) is 0.361. The molecule has 2 amide bonds. The van der Waals surface area contributed by atoms with Gasteiger partial charge in [-0.3, -0.25) is 9.59 Å². The Morgan fingerprint density at radius 3 is 2.53 bits per heavy atom. The second-order valence-electron chi connectivity index (χ2n) is 7.80. The minimum absolute atomic E-state index is 0.0432. The van der Waals surface area contributed by atoms with Crippen LogP contribution < -0.4 is 16.8 Å². The summed E-state index contributed by atoms with van der Waals surface area (Å²) in [6, 6.07) is 4.23. The molecule has 0 aliphatic carbocycles. The summed E-state index contributed by atoms with van der Waals surface area (Å²) in [5, 5.41) is 6.89. The Bertz CT molecular complexity index is 1360. The predicted octanol–water partition coefficient (Wildman–Crippen LogP) is 2.88. The maximum Gasteiger partial charge on any atom is 0.453 e. The van der Waals surface area contributed by atoms with Crippen molar-refractivity contribution in [1.82, 2.24) is 19.7 Å². The number of anilines is 2. The zero-order valence-corrected chi connectivity index (χ0v) is 17.9. The van der Waals surface area contributed by atoms with E-state index in [1.807, 2.05) is 0 Å². The SMILES string of the molecule is CC1(C(N)=O)C(=O)Nc2nc(-n3nc(CCC(F)(F)C(F)(F)F)c4cc(Cl)ccc43)nc(N)c21. The van der Waals surface area contributed by atoms with E-state index in [2.05, 4.69) is 20.4 Å². The van der Waals surface area contributed by atoms with Gasteiger partial charge in [-0.2, -0.15) is 41.7 Å². The number of primary amides is 1. The van der Waals surface area contributed by atoms with Gasteiger partial charge >= 0.3 is 12.1 Å². The second kappa shape index (κ2) is 7.48. The van der Waals surface area contributed by atoms with Gasteiger partial charge < -0.3 is 16.8 Å². The van der Waals surface area contributed by atoms with Crippen LogP contribution in [0.4, 0.5) is 33.6 Å². The number of nitrogens with one attached hydrogen (secondary N) is 1. The lowest BCUT2D eigenvalue weighted by Crippen LogP contribution is -2.44. The van der Waals surface area contributed by atoms with Gasteiger partial charge in [-0.15, -0.1) is 0 Å². The van der Waals surface area contributed by atoms with E-state index in [0.717, 1.165) is 4.68 Å². The molecule has 0 spiro atoms. The van der Waals surface area contributed by atoms with Crippen LogP contribution in [0, 0.1) is 0 Å². The van der Waals surface area contributed by atoms with Crippen LogP contribution in [0.2, 0.25) is 5.02 Å². The number of carbonyl (C=O) groups excluding carboxylic acids is 2. The molecule has 4 rings (SSSR count). The predicted molar refractivity (Wildman–Crippen MR) is 111 cm³/mol. The number of carbonyl (C=O) groups is 2. The monoisotopic (exact) mass is 503 g/mol. The summed E-state index contributed by atoms with van der Waals surface area (Å²) in [4.78, 5) is 32.5. The summed E-state index contributed by atoms with van der Waals surface area (Å²) in [6.45, 7) is 1.25. The van der Waals surface area contributed by atoms with E-state index < -0.39 is 42.2 Å². The van der Waals surface area contributed by atoms with Gasteiger partial charge in [0.1, 0.15) is 11.6 Å². The minimum Gasteiger partial charge on any atom is -0.383 e. The lowest BCUT2D eigenvalue weighted by molar-refractivity contribution is -0.284. The van der Waals surface area contributed by atoms with Crippen LogP contribution in [0.25, 0.3) is 16.9 Å². The Morgan fingerprint density at radius 1 is 1.24 bits per heavy atom. The van der Waals surface area contributed by atoms with Crippen molar-refractivity contribution >= 4 is 46.0 Å². The van der Waals surface area contributed by atoms with Gasteiger partial charge in [0.15, 0.2) is 5.41 Å². The van der Waals surface area contributed by atoms with Crippen LogP contribution in [0.15, 0.2) is 18.2 Å². The molecule has 0 radical (unpaired) electrons. The van der Waals surface area contributed by atoms with Gasteiger partial charge in [0.2, 0.25) is 11.8 Å². The van der Waals surface area contributed by atoms with E-state index in [1.54, 1.807) is 0 Å². The molecule has 3 aromatic rings. The Kier molecular flexibility index (Phi) is 5.19. The number of hydrogen-bond donors (Lipinski definition) is 3. The molecule has 0 saturated heterocycles. The summed E-state index contributed by atoms with van der Waals surface area (Å²) < 4.78 is 65.9. The summed E-state index contributed by atoms with van der Waals surface area (Å²) >= 11 is 5.98. The molecule has 180 valence electrons. The lowest BCUT2D eigenvalue weighted by atomic mass is 9.84. The molecule has 9 nitrogen and oxygen atoms in total. The normalized spacial score (nSPS) is 18.3. The topological polar surface area (TPSA) is 142 Å². The molecular formula is C19H15ClF5N7O2. The van der Waals surface area contributed by atoms with Gasteiger partial charge in [-0.25, -0.2) is 0 Å². The van der Waals surface area contributed by atoms with Crippen molar-refractivity contribution in [3.8, 4) is 5.95 Å². The lowest BCUT2D eigenvalue weighted by Gasteiger charge is -2.18. The van der Waals surface area contributed by atoms with E-state index in [4.69, 9.17) is 23.1 Å². The molecule has 5 N–H and O–H groups in total. The van der Waals surface area contributed by atoms with Crippen molar-refractivity contribution in [3.05, 3.63) is 34.5 Å². The highest BCUT2D eigenvalue weighted by atomic mass is 35.5. The molecular weight excluding hydrogens is 489 g/mol. The number of fused-ring (bicyclic) bond motifs is 2. The number of benzene rings is 1. The van der Waals surface area contributed by atoms with Crippen molar-refractivity contribution in [3.63, 3.8) is 0 Å². The molecule has 0 saturated carbocycles. The molecule has 1 aliphatic heterocycles. The van der Waals surface area contributed by atoms with E-state index in [-0.39, 0.29) is 44.8 Å². The summed E-state index contributed by atoms with van der Waals surface area (Å²) in [7, 11) is 0. The van der Waals surface area contributed by atoms with Crippen LogP contribution in [-0.4, -0.2) is 43.7 Å². The van der Waals surface area contributed by atoms with Crippen molar-refractivity contribution in [2.24, 2.45) is 5.73 Å². The van der Waals surface area contributed by atoms with E-state index in [1.165, 1.54) is 25.1 Å². The molecule has 0 fully saturated rings. The van der Waals surface area contributed by atoms with Crippen molar-refractivity contribution < 1.29 is 31.5 Å². The average Bonchev–Trinajstić information content (AvgIpc) is 3.21. The highest BCUT2D eigenvalue weighted by molar-refractivity contribution is 6.31. The Hall–Kier alpha value is -3.55. The minimum atomic E-state index is -5.72. The van der Waals surface area contributed by atoms with Crippen molar-refractivity contribution in [2.45, 2.75) is 37.3 Å². The maximum atomic E-state index is 13.5. The molecule has 0 bridgehead atoms. The highest BCUT2D eigenvalue weighted by Gasteiger charge is 2.56. The fraction of sp³-hybridized carbons (Fsp3) is 0.316. The summed E-state index contributed by atoms with van der Waals surface area (Å²) in [6.07, 6.45) is -8.01. The van der Waals surface area contributed by atoms with Crippen LogP contribution in [0.1, 0.15) is 24.6 Å². The molecule has 1 aliphatic rings. The first kappa shape index (κ1) is 23.6. The van der Waals surface area contributed by atoms with Crippen LogP contribution in [0.5, 0.6) is 0 Å². The largest absolute Gasteiger partial charge is 0.453 e. The molecule has 1 atom stereocenters. The fourth-order valence-corrected chi connectivity index (χ4v) is 3.80. The molecule has 34 heavy (non-hydrogen) atoms. The number of nitrogen functional groups attached to an aromatic ring is 1. The average molecular weight is 504 g/mol.